The molecule has 0 heterocycles. The van der Waals surface area contributed by atoms with Crippen molar-refractivity contribution in [1.29, 1.82) is 0 Å². The molecule has 2 aromatic carbocycles. The highest BCUT2D eigenvalue weighted by Crippen LogP contribution is 2.26. The molecule has 0 aliphatic heterocycles. The summed E-state index contributed by atoms with van der Waals surface area (Å²) >= 11 is 1.59. The number of thioether (sulfide) groups is 1. The topological polar surface area (TPSA) is 64.6 Å². The number of fused-ring (bicyclic) bond motifs is 1. The molecule has 0 radical (unpaired) electrons. The summed E-state index contributed by atoms with van der Waals surface area (Å²) in [4.78, 5) is 24.7. The Morgan fingerprint density at radius 1 is 1.08 bits per heavy atom. The van der Waals surface area contributed by atoms with Crippen molar-refractivity contribution in [3.8, 4) is 5.75 Å². The maximum absolute atomic E-state index is 11.9. The van der Waals surface area contributed by atoms with Crippen molar-refractivity contribution in [3.63, 3.8) is 0 Å². The third kappa shape index (κ3) is 5.02. The molecule has 136 valence electrons. The highest BCUT2D eigenvalue weighted by Gasteiger charge is 2.13. The fourth-order valence-corrected chi connectivity index (χ4v) is 3.33. The van der Waals surface area contributed by atoms with Crippen LogP contribution in [0.3, 0.4) is 0 Å². The molecule has 1 N–H and O–H groups in total. The molecule has 1 aliphatic carbocycles. The van der Waals surface area contributed by atoms with Gasteiger partial charge in [-0.1, -0.05) is 12.1 Å². The van der Waals surface area contributed by atoms with Crippen molar-refractivity contribution in [2.45, 2.75) is 24.2 Å². The molecule has 1 aliphatic rings. The fraction of sp³-hybridized carbons (Fsp3) is 0.300. The average molecular weight is 371 g/mol. The highest BCUT2D eigenvalue weighted by molar-refractivity contribution is 7.98. The van der Waals surface area contributed by atoms with Crippen LogP contribution >= 0.6 is 11.8 Å². The van der Waals surface area contributed by atoms with E-state index >= 15 is 0 Å². The standard InChI is InChI=1S/C20H21NO4S/c1-26-18-7-3-6-16(11-18)21-19(22)12-25-20(23)13-24-17-9-8-14-4-2-5-15(14)10-17/h3,6-11H,2,4-5,12-13H2,1H3,(H,21,22). The molecule has 3 rings (SSSR count). The number of nitrogens with one attached hydrogen (secondary N) is 1. The molecule has 26 heavy (non-hydrogen) atoms. The molecule has 0 saturated carbocycles. The van der Waals surface area contributed by atoms with Gasteiger partial charge in [-0.3, -0.25) is 4.79 Å². The molecule has 0 atom stereocenters. The summed E-state index contributed by atoms with van der Waals surface area (Å²) in [6.45, 7) is -0.552. The maximum atomic E-state index is 11.9. The van der Waals surface area contributed by atoms with Crippen LogP contribution in [0, 0.1) is 0 Å². The van der Waals surface area contributed by atoms with E-state index in [1.54, 1.807) is 17.8 Å². The molecule has 0 bridgehead atoms. The minimum atomic E-state index is -0.571. The van der Waals surface area contributed by atoms with E-state index in [1.807, 2.05) is 42.7 Å². The predicted octanol–water partition coefficient (Wildman–Crippen LogP) is 3.46. The van der Waals surface area contributed by atoms with E-state index in [0.717, 1.165) is 24.2 Å². The van der Waals surface area contributed by atoms with Gasteiger partial charge in [0.2, 0.25) is 0 Å². The van der Waals surface area contributed by atoms with Gasteiger partial charge in [-0.2, -0.15) is 0 Å². The Bertz CT molecular complexity index is 806. The molecule has 5 nitrogen and oxygen atoms in total. The molecule has 1 amide bonds. The lowest BCUT2D eigenvalue weighted by atomic mass is 10.1. The lowest BCUT2D eigenvalue weighted by molar-refractivity contribution is -0.149. The van der Waals surface area contributed by atoms with Gasteiger partial charge in [0.15, 0.2) is 13.2 Å². The van der Waals surface area contributed by atoms with Gasteiger partial charge in [-0.15, -0.1) is 11.8 Å². The molecule has 2 aromatic rings. The van der Waals surface area contributed by atoms with Crippen LogP contribution in [-0.2, 0) is 27.2 Å². The van der Waals surface area contributed by atoms with Crippen molar-refractivity contribution in [1.82, 2.24) is 0 Å². The molecule has 0 unspecified atom stereocenters. The quantitative estimate of drug-likeness (QED) is 0.596. The first-order valence-electron chi connectivity index (χ1n) is 8.48. The zero-order valence-electron chi connectivity index (χ0n) is 14.6. The molecule has 0 spiro atoms. The van der Waals surface area contributed by atoms with Crippen LogP contribution in [-0.4, -0.2) is 31.3 Å². The van der Waals surface area contributed by atoms with E-state index in [1.165, 1.54) is 11.1 Å². The van der Waals surface area contributed by atoms with Crippen molar-refractivity contribution in [2.24, 2.45) is 0 Å². The van der Waals surface area contributed by atoms with E-state index < -0.39 is 5.97 Å². The van der Waals surface area contributed by atoms with E-state index in [2.05, 4.69) is 5.32 Å². The first kappa shape index (κ1) is 18.3. The second kappa shape index (κ2) is 8.76. The first-order valence-corrected chi connectivity index (χ1v) is 9.70. The number of hydrogen-bond donors (Lipinski definition) is 1. The molecular weight excluding hydrogens is 350 g/mol. The van der Waals surface area contributed by atoms with Gasteiger partial charge in [0.25, 0.3) is 5.91 Å². The lowest BCUT2D eigenvalue weighted by Gasteiger charge is -2.09. The smallest absolute Gasteiger partial charge is 0.344 e. The summed E-state index contributed by atoms with van der Waals surface area (Å²) < 4.78 is 10.4. The Balaban J connectivity index is 1.41. The number of anilines is 1. The van der Waals surface area contributed by atoms with E-state index in [9.17, 15) is 9.59 Å². The van der Waals surface area contributed by atoms with Gasteiger partial charge in [-0.25, -0.2) is 4.79 Å². The first-order chi connectivity index (χ1) is 12.6. The number of carbonyl (C=O) groups excluding carboxylic acids is 2. The molecule has 0 fully saturated rings. The normalized spacial score (nSPS) is 12.3. The Morgan fingerprint density at radius 3 is 2.77 bits per heavy atom. The predicted molar refractivity (Wildman–Crippen MR) is 102 cm³/mol. The number of rotatable bonds is 7. The SMILES string of the molecule is CSc1cccc(NC(=O)COC(=O)COc2ccc3c(c2)CCC3)c1. The number of amides is 1. The van der Waals surface area contributed by atoms with Crippen LogP contribution in [0.4, 0.5) is 5.69 Å². The van der Waals surface area contributed by atoms with Gasteiger partial charge >= 0.3 is 5.97 Å². The minimum absolute atomic E-state index is 0.214. The average Bonchev–Trinajstić information content (AvgIpc) is 3.12. The number of esters is 1. The number of ether oxygens (including phenoxy) is 2. The van der Waals surface area contributed by atoms with Crippen LogP contribution in [0.2, 0.25) is 0 Å². The van der Waals surface area contributed by atoms with Gasteiger partial charge in [0, 0.05) is 10.6 Å². The zero-order chi connectivity index (χ0) is 18.4. The van der Waals surface area contributed by atoms with E-state index in [4.69, 9.17) is 9.47 Å². The van der Waals surface area contributed by atoms with Crippen molar-refractivity contribution >= 4 is 29.3 Å². The van der Waals surface area contributed by atoms with E-state index in [0.29, 0.717) is 11.4 Å². The van der Waals surface area contributed by atoms with Crippen LogP contribution in [0.25, 0.3) is 0 Å². The Morgan fingerprint density at radius 2 is 1.92 bits per heavy atom. The summed E-state index contributed by atoms with van der Waals surface area (Å²) in [6.07, 6.45) is 5.28. The van der Waals surface area contributed by atoms with Gasteiger partial charge in [0.1, 0.15) is 5.75 Å². The second-order valence-corrected chi connectivity index (χ2v) is 6.89. The zero-order valence-corrected chi connectivity index (χ0v) is 15.4. The van der Waals surface area contributed by atoms with Gasteiger partial charge in [0.05, 0.1) is 0 Å². The minimum Gasteiger partial charge on any atom is -0.482 e. The monoisotopic (exact) mass is 371 g/mol. The number of benzene rings is 2. The third-order valence-corrected chi connectivity index (χ3v) is 4.87. The van der Waals surface area contributed by atoms with Gasteiger partial charge < -0.3 is 14.8 Å². The molecule has 0 saturated heterocycles. The van der Waals surface area contributed by atoms with Crippen molar-refractivity contribution < 1.29 is 19.1 Å². The van der Waals surface area contributed by atoms with Crippen LogP contribution in [0.1, 0.15) is 17.5 Å². The van der Waals surface area contributed by atoms with Gasteiger partial charge in [-0.05, 0) is 67.0 Å². The molecule has 0 aromatic heterocycles. The largest absolute Gasteiger partial charge is 0.482 e. The number of carbonyl (C=O) groups is 2. The summed E-state index contributed by atoms with van der Waals surface area (Å²) in [5.74, 6) is -0.298. The highest BCUT2D eigenvalue weighted by atomic mass is 32.2. The van der Waals surface area contributed by atoms with Crippen LogP contribution in [0.5, 0.6) is 5.75 Å². The lowest BCUT2D eigenvalue weighted by Crippen LogP contribution is -2.23. The van der Waals surface area contributed by atoms with E-state index in [-0.39, 0.29) is 19.1 Å². The molecular formula is C20H21NO4S. The van der Waals surface area contributed by atoms with Crippen LogP contribution in [0.15, 0.2) is 47.4 Å². The number of hydrogen-bond acceptors (Lipinski definition) is 5. The fourth-order valence-electron chi connectivity index (χ4n) is 2.87. The third-order valence-electron chi connectivity index (χ3n) is 4.14. The Labute approximate surface area is 157 Å². The maximum Gasteiger partial charge on any atom is 0.344 e. The number of aryl methyl sites for hydroxylation is 2. The summed E-state index contributed by atoms with van der Waals surface area (Å²) in [5, 5.41) is 2.70. The molecule has 6 heteroatoms. The summed E-state index contributed by atoms with van der Waals surface area (Å²) in [6, 6.07) is 13.3. The summed E-state index contributed by atoms with van der Waals surface area (Å²) in [5.41, 5.74) is 3.30. The van der Waals surface area contributed by atoms with Crippen molar-refractivity contribution in [2.75, 3.05) is 24.8 Å². The van der Waals surface area contributed by atoms with Crippen LogP contribution < -0.4 is 10.1 Å². The Hall–Kier alpha value is -2.47. The van der Waals surface area contributed by atoms with Crippen molar-refractivity contribution in [3.05, 3.63) is 53.6 Å². The Kier molecular flexibility index (Phi) is 6.17. The second-order valence-electron chi connectivity index (χ2n) is 6.01. The summed E-state index contributed by atoms with van der Waals surface area (Å²) in [7, 11) is 0.